The molecular weight excluding hydrogens is 357 g/mol. The Morgan fingerprint density at radius 1 is 0.963 bits per heavy atom. The number of hydrogen-bond acceptors (Lipinski definition) is 4. The first-order valence-corrected chi connectivity index (χ1v) is 7.97. The highest BCUT2D eigenvalue weighted by Gasteiger charge is 2.17. The van der Waals surface area contributed by atoms with E-state index in [-0.39, 0.29) is 11.6 Å². The van der Waals surface area contributed by atoms with E-state index < -0.39 is 29.0 Å². The number of carbonyl (C=O) groups excluding carboxylic acids is 1. The maximum absolute atomic E-state index is 13.7. The highest BCUT2D eigenvalue weighted by atomic mass is 19.2. The number of hydrogen-bond donors (Lipinski definition) is 2. The van der Waals surface area contributed by atoms with Crippen LogP contribution in [0.1, 0.15) is 21.6 Å². The lowest BCUT2D eigenvalue weighted by Gasteiger charge is -2.10. The van der Waals surface area contributed by atoms with Crippen molar-refractivity contribution in [3.63, 3.8) is 0 Å². The predicted octanol–water partition coefficient (Wildman–Crippen LogP) is 4.51. The summed E-state index contributed by atoms with van der Waals surface area (Å²) in [6.07, 6.45) is 1.36. The fourth-order valence-corrected chi connectivity index (χ4v) is 2.35. The first kappa shape index (κ1) is 18.4. The maximum atomic E-state index is 13.7. The molecule has 0 atom stereocenters. The van der Waals surface area contributed by atoms with Crippen LogP contribution in [0.25, 0.3) is 0 Å². The molecule has 27 heavy (non-hydrogen) atoms. The summed E-state index contributed by atoms with van der Waals surface area (Å²) in [5, 5.41) is 5.18. The van der Waals surface area contributed by atoms with Gasteiger partial charge in [0.15, 0.2) is 17.5 Å². The van der Waals surface area contributed by atoms with Crippen LogP contribution in [-0.4, -0.2) is 15.9 Å². The van der Waals surface area contributed by atoms with Gasteiger partial charge in [0.1, 0.15) is 5.69 Å². The van der Waals surface area contributed by atoms with Crippen LogP contribution in [-0.2, 0) is 0 Å². The molecule has 3 aromatic rings. The molecule has 2 aromatic carbocycles. The largest absolute Gasteiger partial charge is 0.324 e. The molecule has 0 aliphatic carbocycles. The number of benzene rings is 2. The summed E-state index contributed by atoms with van der Waals surface area (Å²) in [5.41, 5.74) is 2.22. The van der Waals surface area contributed by atoms with Crippen molar-refractivity contribution in [2.45, 2.75) is 13.8 Å². The van der Waals surface area contributed by atoms with Gasteiger partial charge >= 0.3 is 0 Å². The standard InChI is InChI=1S/C19H15F3N4O/c1-10-3-4-11(2)15(9-10)26-19-23-8-7-14(25-19)18(27)24-13-6-5-12(20)16(21)17(13)22/h3-9H,1-2H3,(H,24,27)(H,23,25,26). The molecule has 2 N–H and O–H groups in total. The van der Waals surface area contributed by atoms with Gasteiger partial charge in [-0.05, 0) is 49.2 Å². The Balaban J connectivity index is 1.82. The summed E-state index contributed by atoms with van der Waals surface area (Å²) in [7, 11) is 0. The van der Waals surface area contributed by atoms with Gasteiger partial charge in [-0.3, -0.25) is 4.79 Å². The number of aromatic nitrogens is 2. The summed E-state index contributed by atoms with van der Waals surface area (Å²) in [4.78, 5) is 20.4. The Kier molecular flexibility index (Phi) is 5.07. The number of carbonyl (C=O) groups is 1. The van der Waals surface area contributed by atoms with E-state index in [2.05, 4.69) is 20.6 Å². The normalized spacial score (nSPS) is 10.6. The molecule has 138 valence electrons. The number of amides is 1. The number of halogens is 3. The topological polar surface area (TPSA) is 66.9 Å². The quantitative estimate of drug-likeness (QED) is 0.662. The van der Waals surface area contributed by atoms with Crippen LogP contribution in [0.5, 0.6) is 0 Å². The average molecular weight is 372 g/mol. The Hall–Kier alpha value is -3.42. The van der Waals surface area contributed by atoms with Gasteiger partial charge in [0.25, 0.3) is 5.91 Å². The predicted molar refractivity (Wildman–Crippen MR) is 95.5 cm³/mol. The van der Waals surface area contributed by atoms with E-state index in [0.29, 0.717) is 0 Å². The highest BCUT2D eigenvalue weighted by Crippen LogP contribution is 2.21. The van der Waals surface area contributed by atoms with E-state index in [1.54, 1.807) is 0 Å². The summed E-state index contributed by atoms with van der Waals surface area (Å²) in [5.74, 6) is -5.10. The molecule has 0 saturated carbocycles. The van der Waals surface area contributed by atoms with Crippen LogP contribution < -0.4 is 10.6 Å². The first-order chi connectivity index (χ1) is 12.8. The minimum Gasteiger partial charge on any atom is -0.324 e. The Bertz CT molecular complexity index is 1020. The molecule has 3 rings (SSSR count). The third-order valence-electron chi connectivity index (χ3n) is 3.81. The zero-order chi connectivity index (χ0) is 19.6. The van der Waals surface area contributed by atoms with Gasteiger partial charge in [-0.15, -0.1) is 0 Å². The van der Waals surface area contributed by atoms with Crippen molar-refractivity contribution in [2.75, 3.05) is 10.6 Å². The second kappa shape index (κ2) is 7.45. The summed E-state index contributed by atoms with van der Waals surface area (Å²) < 4.78 is 40.0. The second-order valence-corrected chi connectivity index (χ2v) is 5.89. The molecule has 0 radical (unpaired) electrons. The van der Waals surface area contributed by atoms with Crippen LogP contribution in [0.4, 0.5) is 30.5 Å². The molecule has 0 fully saturated rings. The lowest BCUT2D eigenvalue weighted by atomic mass is 10.1. The lowest BCUT2D eigenvalue weighted by molar-refractivity contribution is 0.102. The van der Waals surface area contributed by atoms with Gasteiger partial charge in [0.2, 0.25) is 5.95 Å². The number of anilines is 3. The van der Waals surface area contributed by atoms with E-state index in [1.807, 2.05) is 32.0 Å². The fourth-order valence-electron chi connectivity index (χ4n) is 2.35. The van der Waals surface area contributed by atoms with Crippen molar-refractivity contribution in [1.82, 2.24) is 9.97 Å². The highest BCUT2D eigenvalue weighted by molar-refractivity contribution is 6.03. The number of nitrogens with one attached hydrogen (secondary N) is 2. The van der Waals surface area contributed by atoms with E-state index in [4.69, 9.17) is 0 Å². The van der Waals surface area contributed by atoms with Crippen LogP contribution in [0.3, 0.4) is 0 Å². The third kappa shape index (κ3) is 4.05. The molecule has 0 aliphatic heterocycles. The third-order valence-corrected chi connectivity index (χ3v) is 3.81. The van der Waals surface area contributed by atoms with Crippen LogP contribution in [0, 0.1) is 31.3 Å². The Labute approximate surface area is 153 Å². The fraction of sp³-hybridized carbons (Fsp3) is 0.105. The van der Waals surface area contributed by atoms with E-state index in [1.165, 1.54) is 12.3 Å². The molecule has 1 amide bonds. The van der Waals surface area contributed by atoms with Gasteiger partial charge in [-0.1, -0.05) is 12.1 Å². The molecule has 1 aromatic heterocycles. The molecule has 0 saturated heterocycles. The first-order valence-electron chi connectivity index (χ1n) is 7.97. The van der Waals surface area contributed by atoms with Crippen molar-refractivity contribution in [1.29, 1.82) is 0 Å². The minimum absolute atomic E-state index is 0.0676. The second-order valence-electron chi connectivity index (χ2n) is 5.89. The SMILES string of the molecule is Cc1ccc(C)c(Nc2nccc(C(=O)Nc3ccc(F)c(F)c3F)n2)c1. The Morgan fingerprint density at radius 2 is 1.74 bits per heavy atom. The molecule has 0 aliphatic rings. The number of nitrogens with zero attached hydrogens (tertiary/aromatic N) is 2. The minimum atomic E-state index is -1.66. The molecule has 5 nitrogen and oxygen atoms in total. The van der Waals surface area contributed by atoms with Crippen LogP contribution in [0.2, 0.25) is 0 Å². The zero-order valence-corrected chi connectivity index (χ0v) is 14.5. The van der Waals surface area contributed by atoms with Crippen molar-refractivity contribution < 1.29 is 18.0 Å². The number of rotatable bonds is 4. The molecule has 8 heteroatoms. The monoisotopic (exact) mass is 372 g/mol. The van der Waals surface area contributed by atoms with Gasteiger partial charge in [0, 0.05) is 11.9 Å². The summed E-state index contributed by atoms with van der Waals surface area (Å²) >= 11 is 0. The van der Waals surface area contributed by atoms with Gasteiger partial charge < -0.3 is 10.6 Å². The van der Waals surface area contributed by atoms with Crippen molar-refractivity contribution in [3.8, 4) is 0 Å². The molecule has 0 spiro atoms. The maximum Gasteiger partial charge on any atom is 0.274 e. The Morgan fingerprint density at radius 3 is 2.52 bits per heavy atom. The van der Waals surface area contributed by atoms with Crippen molar-refractivity contribution >= 4 is 23.2 Å². The zero-order valence-electron chi connectivity index (χ0n) is 14.5. The summed E-state index contributed by atoms with van der Waals surface area (Å²) in [6, 6.07) is 8.77. The molecule has 0 bridgehead atoms. The van der Waals surface area contributed by atoms with Crippen LogP contribution >= 0.6 is 0 Å². The lowest BCUT2D eigenvalue weighted by Crippen LogP contribution is -2.16. The number of aryl methyl sites for hydroxylation is 2. The smallest absolute Gasteiger partial charge is 0.274 e. The molecule has 1 heterocycles. The van der Waals surface area contributed by atoms with Crippen molar-refractivity contribution in [3.05, 3.63) is 76.9 Å². The molecule has 0 unspecified atom stereocenters. The van der Waals surface area contributed by atoms with Gasteiger partial charge in [0.05, 0.1) is 5.69 Å². The average Bonchev–Trinajstić information content (AvgIpc) is 2.65. The van der Waals surface area contributed by atoms with Crippen LogP contribution in [0.15, 0.2) is 42.6 Å². The van der Waals surface area contributed by atoms with Crippen molar-refractivity contribution in [2.24, 2.45) is 0 Å². The summed E-state index contributed by atoms with van der Waals surface area (Å²) in [6.45, 7) is 3.84. The van der Waals surface area contributed by atoms with E-state index in [9.17, 15) is 18.0 Å². The molecular formula is C19H15F3N4O. The van der Waals surface area contributed by atoms with Gasteiger partial charge in [-0.2, -0.15) is 0 Å². The van der Waals surface area contributed by atoms with E-state index >= 15 is 0 Å². The van der Waals surface area contributed by atoms with Gasteiger partial charge in [-0.25, -0.2) is 23.1 Å². The van der Waals surface area contributed by atoms with E-state index in [0.717, 1.165) is 28.9 Å².